The predicted molar refractivity (Wildman–Crippen MR) is 105 cm³/mol. The Kier molecular flexibility index (Phi) is 7.67. The summed E-state index contributed by atoms with van der Waals surface area (Å²) in [5, 5.41) is 5.77. The molecule has 0 heterocycles. The fraction of sp³-hybridized carbons (Fsp3) is 0.619. The number of rotatable bonds is 7. The molecule has 0 aliphatic heterocycles. The summed E-state index contributed by atoms with van der Waals surface area (Å²) in [5.41, 5.74) is -0.0383. The van der Waals surface area contributed by atoms with E-state index in [-0.39, 0.29) is 18.2 Å². The molecule has 0 saturated carbocycles. The molecule has 0 aromatic heterocycles. The Morgan fingerprint density at radius 3 is 2.12 bits per heavy atom. The topological polar surface area (TPSA) is 67.4 Å². The molecule has 1 atom stereocenters. The first-order valence-corrected chi connectivity index (χ1v) is 9.22. The van der Waals surface area contributed by atoms with E-state index >= 15 is 0 Å². The molecule has 0 saturated heterocycles. The maximum absolute atomic E-state index is 12.4. The molecule has 2 N–H and O–H groups in total. The Bertz CT molecular complexity index is 589. The van der Waals surface area contributed by atoms with Crippen LogP contribution in [0.25, 0.3) is 0 Å². The number of benzene rings is 1. The number of hydrogen-bond donors (Lipinski definition) is 2. The standard InChI is InChI=1S/C21H34N2O3/c1-15(2)17(16-11-9-8-10-12-16)14-22-18(24)13-21(6,7)23-19(25)26-20(3,4)5/h8-12,15,17H,13-14H2,1-7H3,(H,22,24)(H,23,25). The molecule has 0 aliphatic carbocycles. The summed E-state index contributed by atoms with van der Waals surface area (Å²) in [6.45, 7) is 13.9. The quantitative estimate of drug-likeness (QED) is 0.762. The van der Waals surface area contributed by atoms with Gasteiger partial charge in [-0.15, -0.1) is 0 Å². The minimum Gasteiger partial charge on any atom is -0.444 e. The third-order valence-corrected chi connectivity index (χ3v) is 3.99. The van der Waals surface area contributed by atoms with Gasteiger partial charge in [-0.05, 0) is 46.1 Å². The van der Waals surface area contributed by atoms with Crippen molar-refractivity contribution in [1.82, 2.24) is 10.6 Å². The smallest absolute Gasteiger partial charge is 0.408 e. The van der Waals surface area contributed by atoms with Crippen molar-refractivity contribution in [2.75, 3.05) is 6.54 Å². The Balaban J connectivity index is 2.57. The Labute approximate surface area is 157 Å². The normalized spacial score (nSPS) is 13.2. The molecular weight excluding hydrogens is 328 g/mol. The fourth-order valence-electron chi connectivity index (χ4n) is 2.75. The highest BCUT2D eigenvalue weighted by molar-refractivity contribution is 5.78. The van der Waals surface area contributed by atoms with E-state index in [1.165, 1.54) is 5.56 Å². The van der Waals surface area contributed by atoms with Gasteiger partial charge in [-0.25, -0.2) is 4.79 Å². The molecular formula is C21H34N2O3. The molecule has 5 nitrogen and oxygen atoms in total. The van der Waals surface area contributed by atoms with Crippen LogP contribution in [0.15, 0.2) is 30.3 Å². The average Bonchev–Trinajstić information content (AvgIpc) is 2.44. The van der Waals surface area contributed by atoms with Gasteiger partial charge in [0.2, 0.25) is 5.91 Å². The number of amides is 2. The van der Waals surface area contributed by atoms with E-state index in [1.54, 1.807) is 0 Å². The summed E-state index contributed by atoms with van der Waals surface area (Å²) in [6, 6.07) is 10.2. The second-order valence-corrected chi connectivity index (χ2v) is 8.75. The number of carbonyl (C=O) groups is 2. The SMILES string of the molecule is CC(C)C(CNC(=O)CC(C)(C)NC(=O)OC(C)(C)C)c1ccccc1. The molecule has 0 fully saturated rings. The van der Waals surface area contributed by atoms with E-state index in [4.69, 9.17) is 4.74 Å². The number of alkyl carbamates (subject to hydrolysis) is 1. The molecule has 0 radical (unpaired) electrons. The lowest BCUT2D eigenvalue weighted by atomic mass is 9.88. The molecule has 2 amide bonds. The highest BCUT2D eigenvalue weighted by Crippen LogP contribution is 2.23. The van der Waals surface area contributed by atoms with Gasteiger partial charge in [-0.1, -0.05) is 44.2 Å². The first kappa shape index (κ1) is 22.0. The fourth-order valence-corrected chi connectivity index (χ4v) is 2.75. The number of carbonyl (C=O) groups excluding carboxylic acids is 2. The Morgan fingerprint density at radius 1 is 1.04 bits per heavy atom. The average molecular weight is 363 g/mol. The van der Waals surface area contributed by atoms with Gasteiger partial charge >= 0.3 is 6.09 Å². The minimum atomic E-state index is -0.688. The van der Waals surface area contributed by atoms with Crippen molar-refractivity contribution in [3.8, 4) is 0 Å². The van der Waals surface area contributed by atoms with Crippen molar-refractivity contribution in [2.24, 2.45) is 5.92 Å². The van der Waals surface area contributed by atoms with Crippen molar-refractivity contribution in [3.63, 3.8) is 0 Å². The second kappa shape index (κ2) is 9.06. The highest BCUT2D eigenvalue weighted by atomic mass is 16.6. The van der Waals surface area contributed by atoms with Crippen LogP contribution < -0.4 is 10.6 Å². The molecule has 0 aliphatic rings. The number of ether oxygens (including phenoxy) is 1. The van der Waals surface area contributed by atoms with Crippen LogP contribution in [0.5, 0.6) is 0 Å². The molecule has 1 rings (SSSR count). The van der Waals surface area contributed by atoms with E-state index in [2.05, 4.69) is 36.6 Å². The van der Waals surface area contributed by atoms with Gasteiger partial charge in [0.05, 0.1) is 0 Å². The van der Waals surface area contributed by atoms with Crippen molar-refractivity contribution in [3.05, 3.63) is 35.9 Å². The summed E-state index contributed by atoms with van der Waals surface area (Å²) in [6.07, 6.45) is -0.328. The lowest BCUT2D eigenvalue weighted by molar-refractivity contribution is -0.122. The van der Waals surface area contributed by atoms with Crippen molar-refractivity contribution in [2.45, 2.75) is 71.9 Å². The van der Waals surface area contributed by atoms with Crippen LogP contribution >= 0.6 is 0 Å². The van der Waals surface area contributed by atoms with E-state index in [9.17, 15) is 9.59 Å². The van der Waals surface area contributed by atoms with Gasteiger partial charge in [0.25, 0.3) is 0 Å². The van der Waals surface area contributed by atoms with Gasteiger partial charge in [0.1, 0.15) is 5.60 Å². The number of nitrogens with one attached hydrogen (secondary N) is 2. The highest BCUT2D eigenvalue weighted by Gasteiger charge is 2.27. The van der Waals surface area contributed by atoms with Gasteiger partial charge < -0.3 is 15.4 Å². The first-order valence-electron chi connectivity index (χ1n) is 9.22. The molecule has 0 bridgehead atoms. The maximum Gasteiger partial charge on any atom is 0.408 e. The largest absolute Gasteiger partial charge is 0.444 e. The minimum absolute atomic E-state index is 0.0901. The van der Waals surface area contributed by atoms with Crippen LogP contribution in [0, 0.1) is 5.92 Å². The maximum atomic E-state index is 12.4. The van der Waals surface area contributed by atoms with Crippen LogP contribution in [-0.4, -0.2) is 29.7 Å². The van der Waals surface area contributed by atoms with E-state index in [0.29, 0.717) is 12.5 Å². The van der Waals surface area contributed by atoms with Gasteiger partial charge in [0, 0.05) is 24.4 Å². The summed E-state index contributed by atoms with van der Waals surface area (Å²) in [7, 11) is 0. The van der Waals surface area contributed by atoms with Gasteiger partial charge in [-0.3, -0.25) is 4.79 Å². The van der Waals surface area contributed by atoms with Crippen LogP contribution in [0.3, 0.4) is 0 Å². The second-order valence-electron chi connectivity index (χ2n) is 8.75. The van der Waals surface area contributed by atoms with Crippen molar-refractivity contribution in [1.29, 1.82) is 0 Å². The molecule has 5 heteroatoms. The third-order valence-electron chi connectivity index (χ3n) is 3.99. The Morgan fingerprint density at radius 2 is 1.62 bits per heavy atom. The van der Waals surface area contributed by atoms with Crippen LogP contribution in [-0.2, 0) is 9.53 Å². The molecule has 1 aromatic rings. The summed E-state index contributed by atoms with van der Waals surface area (Å²) in [5.74, 6) is 0.570. The zero-order valence-electron chi connectivity index (χ0n) is 17.2. The van der Waals surface area contributed by atoms with Crippen LogP contribution in [0.4, 0.5) is 4.79 Å². The third kappa shape index (κ3) is 8.37. The lowest BCUT2D eigenvalue weighted by Crippen LogP contribution is -2.48. The summed E-state index contributed by atoms with van der Waals surface area (Å²) in [4.78, 5) is 24.3. The van der Waals surface area contributed by atoms with Crippen molar-refractivity contribution < 1.29 is 14.3 Å². The zero-order valence-corrected chi connectivity index (χ0v) is 17.2. The molecule has 1 aromatic carbocycles. The zero-order chi connectivity index (χ0) is 20.0. The summed E-state index contributed by atoms with van der Waals surface area (Å²) >= 11 is 0. The first-order chi connectivity index (χ1) is 11.9. The van der Waals surface area contributed by atoms with Crippen LogP contribution in [0.2, 0.25) is 0 Å². The monoisotopic (exact) mass is 362 g/mol. The molecule has 146 valence electrons. The summed E-state index contributed by atoms with van der Waals surface area (Å²) < 4.78 is 5.26. The van der Waals surface area contributed by atoms with Gasteiger partial charge in [0.15, 0.2) is 0 Å². The van der Waals surface area contributed by atoms with E-state index < -0.39 is 17.2 Å². The van der Waals surface area contributed by atoms with Gasteiger partial charge in [-0.2, -0.15) is 0 Å². The molecule has 0 spiro atoms. The number of hydrogen-bond acceptors (Lipinski definition) is 3. The lowest BCUT2D eigenvalue weighted by Gasteiger charge is -2.28. The van der Waals surface area contributed by atoms with Crippen LogP contribution in [0.1, 0.15) is 66.4 Å². The van der Waals surface area contributed by atoms with E-state index in [0.717, 1.165) is 0 Å². The predicted octanol–water partition coefficient (Wildman–Crippen LogP) is 4.24. The molecule has 26 heavy (non-hydrogen) atoms. The Hall–Kier alpha value is -2.04. The van der Waals surface area contributed by atoms with Crippen molar-refractivity contribution >= 4 is 12.0 Å². The van der Waals surface area contributed by atoms with E-state index in [1.807, 2.05) is 52.8 Å². The molecule has 1 unspecified atom stereocenters.